The number of piperazine rings is 1. The second kappa shape index (κ2) is 7.49. The van der Waals surface area contributed by atoms with Gasteiger partial charge in [-0.3, -0.25) is 0 Å². The third-order valence-electron chi connectivity index (χ3n) is 4.32. The molecule has 1 fully saturated rings. The van der Waals surface area contributed by atoms with Gasteiger partial charge in [-0.1, -0.05) is 12.1 Å². The van der Waals surface area contributed by atoms with Crippen LogP contribution in [-0.4, -0.2) is 69.2 Å². The van der Waals surface area contributed by atoms with Gasteiger partial charge in [-0.05, 0) is 45.1 Å². The largest absolute Gasteiger partial charge is 0.368 e. The van der Waals surface area contributed by atoms with Crippen molar-refractivity contribution >= 4 is 11.7 Å². The molecular formula is C17H28N4O. The van der Waals surface area contributed by atoms with E-state index in [2.05, 4.69) is 47.2 Å². The predicted molar refractivity (Wildman–Crippen MR) is 91.7 cm³/mol. The lowest BCUT2D eigenvalue weighted by molar-refractivity contribution is 0.193. The summed E-state index contributed by atoms with van der Waals surface area (Å²) in [5.41, 5.74) is 3.96. The first-order chi connectivity index (χ1) is 10.5. The van der Waals surface area contributed by atoms with Gasteiger partial charge in [0.05, 0.1) is 0 Å². The number of aryl methyl sites for hydroxylation is 1. The Labute approximate surface area is 133 Å². The van der Waals surface area contributed by atoms with Gasteiger partial charge in [0.1, 0.15) is 0 Å². The van der Waals surface area contributed by atoms with Crippen molar-refractivity contribution in [2.45, 2.75) is 13.8 Å². The maximum absolute atomic E-state index is 12.1. The summed E-state index contributed by atoms with van der Waals surface area (Å²) in [5.74, 6) is 0. The Kier molecular flexibility index (Phi) is 5.66. The molecule has 5 nitrogen and oxygen atoms in total. The highest BCUT2D eigenvalue weighted by Gasteiger charge is 2.21. The molecule has 0 atom stereocenters. The highest BCUT2D eigenvalue weighted by atomic mass is 16.2. The number of nitrogens with one attached hydrogen (secondary N) is 1. The Hall–Kier alpha value is -1.75. The van der Waals surface area contributed by atoms with Gasteiger partial charge in [0.25, 0.3) is 0 Å². The van der Waals surface area contributed by atoms with E-state index in [0.717, 1.165) is 32.7 Å². The van der Waals surface area contributed by atoms with Crippen LogP contribution in [0.4, 0.5) is 10.5 Å². The first kappa shape index (κ1) is 16.6. The van der Waals surface area contributed by atoms with Crippen LogP contribution in [0, 0.1) is 13.8 Å². The number of benzene rings is 1. The van der Waals surface area contributed by atoms with Gasteiger partial charge in [0, 0.05) is 45.0 Å². The predicted octanol–water partition coefficient (Wildman–Crippen LogP) is 1.70. The van der Waals surface area contributed by atoms with Crippen LogP contribution in [0.1, 0.15) is 11.1 Å². The van der Waals surface area contributed by atoms with E-state index in [1.807, 2.05) is 19.0 Å². The average Bonchev–Trinajstić information content (AvgIpc) is 2.50. The van der Waals surface area contributed by atoms with Gasteiger partial charge in [0.2, 0.25) is 0 Å². The molecule has 0 spiro atoms. The number of likely N-dealkylation sites (N-methyl/N-ethyl adjacent to an activating group) is 1. The summed E-state index contributed by atoms with van der Waals surface area (Å²) in [5, 5.41) is 2.99. The van der Waals surface area contributed by atoms with Crippen molar-refractivity contribution in [2.24, 2.45) is 0 Å². The molecule has 1 N–H and O–H groups in total. The van der Waals surface area contributed by atoms with E-state index in [9.17, 15) is 4.79 Å². The lowest BCUT2D eigenvalue weighted by Gasteiger charge is -2.37. The van der Waals surface area contributed by atoms with E-state index in [-0.39, 0.29) is 6.03 Å². The third-order valence-corrected chi connectivity index (χ3v) is 4.32. The highest BCUT2D eigenvalue weighted by Crippen LogP contribution is 2.23. The summed E-state index contributed by atoms with van der Waals surface area (Å²) in [6.45, 7) is 9.23. The third kappa shape index (κ3) is 4.13. The van der Waals surface area contributed by atoms with Crippen molar-refractivity contribution in [1.29, 1.82) is 0 Å². The van der Waals surface area contributed by atoms with Crippen molar-refractivity contribution in [3.8, 4) is 0 Å². The molecule has 1 aromatic carbocycles. The van der Waals surface area contributed by atoms with E-state index in [0.29, 0.717) is 6.54 Å². The molecule has 1 saturated heterocycles. The standard InChI is InChI=1S/C17H28N4O/c1-14-6-5-7-16(15(14)2)20-10-12-21(13-11-20)17(22)18-8-9-19(3)4/h5-7H,8-13H2,1-4H3,(H,18,22). The number of urea groups is 1. The number of amides is 2. The topological polar surface area (TPSA) is 38.8 Å². The number of hydrogen-bond donors (Lipinski definition) is 1. The van der Waals surface area contributed by atoms with Gasteiger partial charge in [-0.15, -0.1) is 0 Å². The molecule has 1 aliphatic rings. The maximum atomic E-state index is 12.1. The molecule has 0 bridgehead atoms. The first-order valence-electron chi connectivity index (χ1n) is 7.97. The minimum absolute atomic E-state index is 0.0578. The van der Waals surface area contributed by atoms with Crippen LogP contribution >= 0.6 is 0 Å². The quantitative estimate of drug-likeness (QED) is 0.920. The molecule has 122 valence electrons. The number of hydrogen-bond acceptors (Lipinski definition) is 3. The molecule has 22 heavy (non-hydrogen) atoms. The molecule has 1 aromatic rings. The maximum Gasteiger partial charge on any atom is 0.317 e. The fraction of sp³-hybridized carbons (Fsp3) is 0.588. The summed E-state index contributed by atoms with van der Waals surface area (Å²) in [6.07, 6.45) is 0. The van der Waals surface area contributed by atoms with E-state index in [1.165, 1.54) is 16.8 Å². The number of nitrogens with zero attached hydrogens (tertiary/aromatic N) is 3. The van der Waals surface area contributed by atoms with E-state index >= 15 is 0 Å². The minimum atomic E-state index is 0.0578. The summed E-state index contributed by atoms with van der Waals surface area (Å²) in [6, 6.07) is 6.49. The van der Waals surface area contributed by atoms with Crippen LogP contribution in [0.25, 0.3) is 0 Å². The van der Waals surface area contributed by atoms with Crippen LogP contribution in [0.15, 0.2) is 18.2 Å². The normalized spacial score (nSPS) is 15.3. The Morgan fingerprint density at radius 1 is 1.18 bits per heavy atom. The lowest BCUT2D eigenvalue weighted by atomic mass is 10.1. The van der Waals surface area contributed by atoms with Crippen molar-refractivity contribution in [1.82, 2.24) is 15.1 Å². The van der Waals surface area contributed by atoms with Crippen molar-refractivity contribution in [3.63, 3.8) is 0 Å². The molecule has 1 aliphatic heterocycles. The summed E-state index contributed by atoms with van der Waals surface area (Å²) < 4.78 is 0. The fourth-order valence-electron chi connectivity index (χ4n) is 2.73. The number of anilines is 1. The number of carbonyl (C=O) groups is 1. The number of rotatable bonds is 4. The van der Waals surface area contributed by atoms with Crippen molar-refractivity contribution in [3.05, 3.63) is 29.3 Å². The lowest BCUT2D eigenvalue weighted by Crippen LogP contribution is -2.52. The Bertz CT molecular complexity index is 507. The zero-order valence-electron chi connectivity index (χ0n) is 14.2. The Balaban J connectivity index is 1.85. The van der Waals surface area contributed by atoms with Gasteiger partial charge in [0.15, 0.2) is 0 Å². The molecular weight excluding hydrogens is 276 g/mol. The first-order valence-corrected chi connectivity index (χ1v) is 7.97. The second-order valence-electron chi connectivity index (χ2n) is 6.23. The molecule has 2 rings (SSSR count). The van der Waals surface area contributed by atoms with Gasteiger partial charge in [-0.2, -0.15) is 0 Å². The van der Waals surface area contributed by atoms with Crippen LogP contribution < -0.4 is 10.2 Å². The van der Waals surface area contributed by atoms with Crippen LogP contribution in [0.2, 0.25) is 0 Å². The smallest absolute Gasteiger partial charge is 0.317 e. The molecule has 1 heterocycles. The highest BCUT2D eigenvalue weighted by molar-refractivity contribution is 5.74. The van der Waals surface area contributed by atoms with E-state index < -0.39 is 0 Å². The summed E-state index contributed by atoms with van der Waals surface area (Å²) in [4.78, 5) is 18.5. The zero-order chi connectivity index (χ0) is 16.1. The molecule has 0 saturated carbocycles. The monoisotopic (exact) mass is 304 g/mol. The van der Waals surface area contributed by atoms with Crippen LogP contribution in [-0.2, 0) is 0 Å². The summed E-state index contributed by atoms with van der Waals surface area (Å²) in [7, 11) is 4.02. The molecule has 0 aromatic heterocycles. The van der Waals surface area contributed by atoms with Crippen molar-refractivity contribution < 1.29 is 4.79 Å². The number of carbonyl (C=O) groups excluding carboxylic acids is 1. The zero-order valence-corrected chi connectivity index (χ0v) is 14.2. The Morgan fingerprint density at radius 2 is 1.86 bits per heavy atom. The van der Waals surface area contributed by atoms with Gasteiger partial charge >= 0.3 is 6.03 Å². The van der Waals surface area contributed by atoms with E-state index in [4.69, 9.17) is 0 Å². The molecule has 2 amide bonds. The summed E-state index contributed by atoms with van der Waals surface area (Å²) >= 11 is 0. The molecule has 0 unspecified atom stereocenters. The molecule has 5 heteroatoms. The van der Waals surface area contributed by atoms with E-state index in [1.54, 1.807) is 0 Å². The average molecular weight is 304 g/mol. The van der Waals surface area contributed by atoms with Gasteiger partial charge < -0.3 is 20.0 Å². The molecule has 0 aliphatic carbocycles. The minimum Gasteiger partial charge on any atom is -0.368 e. The Morgan fingerprint density at radius 3 is 2.50 bits per heavy atom. The fourth-order valence-corrected chi connectivity index (χ4v) is 2.73. The SMILES string of the molecule is Cc1cccc(N2CCN(C(=O)NCCN(C)C)CC2)c1C. The molecule has 0 radical (unpaired) electrons. The second-order valence-corrected chi connectivity index (χ2v) is 6.23. The van der Waals surface area contributed by atoms with Gasteiger partial charge in [-0.25, -0.2) is 4.79 Å². The van der Waals surface area contributed by atoms with Crippen LogP contribution in [0.5, 0.6) is 0 Å². The van der Waals surface area contributed by atoms with Crippen LogP contribution in [0.3, 0.4) is 0 Å². The van der Waals surface area contributed by atoms with Crippen molar-refractivity contribution in [2.75, 3.05) is 58.3 Å².